The van der Waals surface area contributed by atoms with E-state index in [-0.39, 0.29) is 19.0 Å². The highest BCUT2D eigenvalue weighted by molar-refractivity contribution is 7.07. The highest BCUT2D eigenvalue weighted by Gasteiger charge is 2.34. The van der Waals surface area contributed by atoms with Crippen LogP contribution in [-0.2, 0) is 9.53 Å². The van der Waals surface area contributed by atoms with Crippen molar-refractivity contribution in [2.45, 2.75) is 19.9 Å². The van der Waals surface area contributed by atoms with Gasteiger partial charge in [-0.15, -0.1) is 0 Å². The number of aromatic nitrogens is 2. The summed E-state index contributed by atoms with van der Waals surface area (Å²) in [6.07, 6.45) is 1.92. The minimum atomic E-state index is -0.737. The van der Waals surface area contributed by atoms with Gasteiger partial charge in [-0.25, -0.2) is 9.79 Å². The first-order valence-electron chi connectivity index (χ1n) is 13.3. The van der Waals surface area contributed by atoms with Crippen LogP contribution in [0.3, 0.4) is 0 Å². The van der Waals surface area contributed by atoms with Crippen LogP contribution in [0.25, 0.3) is 28.2 Å². The molecular weight excluding hydrogens is 538 g/mol. The predicted octanol–water partition coefficient (Wildman–Crippen LogP) is 4.68. The fraction of sp³-hybridized carbons (Fsp3) is 0.156. The molecule has 0 radical (unpaired) electrons. The lowest BCUT2D eigenvalue weighted by molar-refractivity contribution is -0.139. The number of fused-ring (bicyclic) bond motifs is 3. The molecule has 0 fully saturated rings. The molecule has 1 atom stereocenters. The lowest BCUT2D eigenvalue weighted by Crippen LogP contribution is -2.39. The van der Waals surface area contributed by atoms with Crippen LogP contribution in [-0.4, -0.2) is 28.9 Å². The summed E-state index contributed by atoms with van der Waals surface area (Å²) < 4.78 is 18.6. The normalized spacial score (nSPS) is 16.1. The molecule has 0 amide bonds. The summed E-state index contributed by atoms with van der Waals surface area (Å²) in [4.78, 5) is 36.2. The molecular formula is C32H25N3O5S. The first-order valence-corrected chi connectivity index (χ1v) is 14.1. The molecule has 4 heterocycles. The van der Waals surface area contributed by atoms with Crippen molar-refractivity contribution in [1.82, 2.24) is 9.55 Å². The number of ether oxygens (including phenoxy) is 3. The van der Waals surface area contributed by atoms with Crippen LogP contribution in [0.15, 0.2) is 93.9 Å². The molecule has 0 aliphatic carbocycles. The Morgan fingerprint density at radius 3 is 2.71 bits per heavy atom. The number of H-pyrrole nitrogens is 1. The number of nitrogens with zero attached hydrogens (tertiary/aromatic N) is 2. The maximum absolute atomic E-state index is 14.2. The van der Waals surface area contributed by atoms with Gasteiger partial charge < -0.3 is 19.2 Å². The summed E-state index contributed by atoms with van der Waals surface area (Å²) >= 11 is 1.30. The number of nitrogens with one attached hydrogen (secondary N) is 1. The number of aromatic amines is 1. The first-order chi connectivity index (χ1) is 20.0. The third-order valence-electron chi connectivity index (χ3n) is 7.31. The predicted molar refractivity (Wildman–Crippen MR) is 157 cm³/mol. The van der Waals surface area contributed by atoms with E-state index < -0.39 is 12.0 Å². The van der Waals surface area contributed by atoms with E-state index in [2.05, 4.69) is 4.98 Å². The summed E-state index contributed by atoms with van der Waals surface area (Å²) in [5.41, 5.74) is 5.13. The zero-order valence-corrected chi connectivity index (χ0v) is 23.2. The number of carbonyl (C=O) groups excluding carboxylic acids is 1. The van der Waals surface area contributed by atoms with Gasteiger partial charge in [-0.2, -0.15) is 0 Å². The summed E-state index contributed by atoms with van der Waals surface area (Å²) in [5, 5.41) is 1.01. The van der Waals surface area contributed by atoms with Gasteiger partial charge in [0.1, 0.15) is 0 Å². The number of carbonyl (C=O) groups is 1. The van der Waals surface area contributed by atoms with E-state index in [1.165, 1.54) is 11.3 Å². The maximum Gasteiger partial charge on any atom is 0.338 e. The average molecular weight is 564 g/mol. The van der Waals surface area contributed by atoms with E-state index >= 15 is 0 Å². The largest absolute Gasteiger partial charge is 0.463 e. The Balaban J connectivity index is 1.46. The molecule has 41 heavy (non-hydrogen) atoms. The maximum atomic E-state index is 14.2. The fourth-order valence-electron chi connectivity index (χ4n) is 5.47. The van der Waals surface area contributed by atoms with Crippen molar-refractivity contribution in [2.75, 3.05) is 13.4 Å². The highest BCUT2D eigenvalue weighted by Crippen LogP contribution is 2.38. The van der Waals surface area contributed by atoms with Crippen molar-refractivity contribution < 1.29 is 19.0 Å². The molecule has 0 unspecified atom stereocenters. The minimum absolute atomic E-state index is 0.121. The van der Waals surface area contributed by atoms with Gasteiger partial charge in [0.05, 0.1) is 34.1 Å². The number of para-hydroxylation sites is 1. The molecule has 2 aromatic heterocycles. The molecule has 0 saturated heterocycles. The molecule has 204 valence electrons. The number of hydrogen-bond donors (Lipinski definition) is 1. The second-order valence-electron chi connectivity index (χ2n) is 9.74. The molecule has 2 aliphatic heterocycles. The van der Waals surface area contributed by atoms with Crippen LogP contribution in [0, 0.1) is 0 Å². The van der Waals surface area contributed by atoms with E-state index in [1.807, 2.05) is 72.8 Å². The van der Waals surface area contributed by atoms with Gasteiger partial charge in [-0.05, 0) is 49.2 Å². The van der Waals surface area contributed by atoms with Crippen LogP contribution >= 0.6 is 11.3 Å². The van der Waals surface area contributed by atoms with Crippen molar-refractivity contribution in [3.8, 4) is 22.8 Å². The molecule has 7 rings (SSSR count). The standard InChI is InChI=1S/C32H25N3O5S/c1-3-38-31(37)27-18(2)33-32-35(29(27)20-13-14-24-25(15-20)40-17-39-24)30(36)26(41-32)16-22-21-11-7-8-12-23(21)34-28(22)19-9-5-4-6-10-19/h4-16,29,34H,3,17H2,1-2H3/b26-16-/t29-/m0/s1. The Labute approximate surface area is 238 Å². The molecule has 0 bridgehead atoms. The number of rotatable bonds is 5. The monoisotopic (exact) mass is 563 g/mol. The molecule has 5 aromatic rings. The van der Waals surface area contributed by atoms with Crippen LogP contribution in [0.4, 0.5) is 0 Å². The topological polar surface area (TPSA) is 94.9 Å². The highest BCUT2D eigenvalue weighted by atomic mass is 32.1. The Hall–Kier alpha value is -4.89. The lowest BCUT2D eigenvalue weighted by Gasteiger charge is -2.24. The lowest BCUT2D eigenvalue weighted by atomic mass is 9.95. The van der Waals surface area contributed by atoms with Crippen molar-refractivity contribution in [3.63, 3.8) is 0 Å². The molecule has 2 aliphatic rings. The first kappa shape index (κ1) is 25.1. The number of esters is 1. The molecule has 0 spiro atoms. The molecule has 3 aromatic carbocycles. The number of benzene rings is 3. The van der Waals surface area contributed by atoms with Gasteiger partial charge >= 0.3 is 5.97 Å². The second-order valence-corrected chi connectivity index (χ2v) is 10.7. The van der Waals surface area contributed by atoms with Gasteiger partial charge in [-0.3, -0.25) is 9.36 Å². The summed E-state index contributed by atoms with van der Waals surface area (Å²) in [5.74, 6) is 0.676. The van der Waals surface area contributed by atoms with Crippen LogP contribution in [0.5, 0.6) is 11.5 Å². The Bertz CT molecular complexity index is 2050. The van der Waals surface area contributed by atoms with Crippen molar-refractivity contribution in [2.24, 2.45) is 4.99 Å². The quantitative estimate of drug-likeness (QED) is 0.314. The van der Waals surface area contributed by atoms with Gasteiger partial charge in [0, 0.05) is 16.5 Å². The minimum Gasteiger partial charge on any atom is -0.463 e. The van der Waals surface area contributed by atoms with Crippen molar-refractivity contribution >= 4 is 34.3 Å². The van der Waals surface area contributed by atoms with Gasteiger partial charge in [0.2, 0.25) is 6.79 Å². The molecule has 9 heteroatoms. The van der Waals surface area contributed by atoms with Crippen molar-refractivity contribution in [3.05, 3.63) is 115 Å². The Kier molecular flexibility index (Phi) is 6.09. The van der Waals surface area contributed by atoms with E-state index in [9.17, 15) is 9.59 Å². The zero-order chi connectivity index (χ0) is 28.1. The van der Waals surface area contributed by atoms with E-state index in [1.54, 1.807) is 24.5 Å². The Morgan fingerprint density at radius 1 is 1.10 bits per heavy atom. The number of hydrogen-bond acceptors (Lipinski definition) is 7. The van der Waals surface area contributed by atoms with E-state index in [0.717, 1.165) is 27.7 Å². The SMILES string of the molecule is CCOC(=O)C1=C(C)N=c2s/c(=C\c3c(-c4ccccc4)[nH]c4ccccc34)c(=O)n2[C@H]1c1ccc2c(c1)OCO2. The molecule has 1 N–H and O–H groups in total. The summed E-state index contributed by atoms with van der Waals surface area (Å²) in [6.45, 7) is 3.85. The second kappa shape index (κ2) is 9.94. The summed E-state index contributed by atoms with van der Waals surface area (Å²) in [6, 6.07) is 22.8. The van der Waals surface area contributed by atoms with Crippen LogP contribution in [0.2, 0.25) is 0 Å². The van der Waals surface area contributed by atoms with E-state index in [4.69, 9.17) is 19.2 Å². The Morgan fingerprint density at radius 2 is 1.88 bits per heavy atom. The third kappa shape index (κ3) is 4.17. The molecule has 0 saturated carbocycles. The number of thiazole rings is 1. The van der Waals surface area contributed by atoms with Crippen LogP contribution < -0.4 is 24.4 Å². The van der Waals surface area contributed by atoms with Gasteiger partial charge in [0.25, 0.3) is 5.56 Å². The average Bonchev–Trinajstić information content (AvgIpc) is 3.69. The smallest absolute Gasteiger partial charge is 0.338 e. The van der Waals surface area contributed by atoms with Crippen LogP contribution in [0.1, 0.15) is 31.0 Å². The van der Waals surface area contributed by atoms with Gasteiger partial charge in [-0.1, -0.05) is 65.9 Å². The van der Waals surface area contributed by atoms with Crippen molar-refractivity contribution in [1.29, 1.82) is 0 Å². The summed E-state index contributed by atoms with van der Waals surface area (Å²) in [7, 11) is 0. The number of allylic oxidation sites excluding steroid dienone is 1. The fourth-order valence-corrected chi connectivity index (χ4v) is 6.50. The van der Waals surface area contributed by atoms with E-state index in [0.29, 0.717) is 37.7 Å². The zero-order valence-electron chi connectivity index (χ0n) is 22.3. The van der Waals surface area contributed by atoms with Gasteiger partial charge in [0.15, 0.2) is 16.3 Å². The third-order valence-corrected chi connectivity index (χ3v) is 8.30. The molecule has 8 nitrogen and oxygen atoms in total.